The molecule has 0 aromatic heterocycles. The minimum Gasteiger partial charge on any atom is -0.480 e. The molecule has 1 unspecified atom stereocenters. The number of benzene rings is 2. The maximum Gasteiger partial charge on any atom is 0.407 e. The summed E-state index contributed by atoms with van der Waals surface area (Å²) in [5.74, 6) is -2.22. The molecule has 3 amide bonds. The first kappa shape index (κ1) is 23.3. The molecule has 0 spiro atoms. The van der Waals surface area contributed by atoms with E-state index >= 15 is 0 Å². The van der Waals surface area contributed by atoms with E-state index in [4.69, 9.17) is 4.74 Å². The predicted molar refractivity (Wildman–Crippen MR) is 123 cm³/mol. The number of alkyl carbamates (subject to hydrolysis) is 1. The minimum atomic E-state index is -1.09. The normalized spacial score (nSPS) is 15.0. The standard InChI is InChI=1S/C25H27N3O6/c1-15(24(31)32)28(16-10-11-16)23(30)13-26-22(29)12-27-25(33)34-14-21-19-8-4-2-6-17(19)18-7-3-5-9-20(18)21/h2-9,15-16,21H,10-14H2,1H3,(H,26,29)(H,27,33)(H,31,32). The molecule has 1 atom stereocenters. The number of ether oxygens (including phenoxy) is 1. The second kappa shape index (κ2) is 9.94. The number of nitrogens with one attached hydrogen (secondary N) is 2. The van der Waals surface area contributed by atoms with Crippen LogP contribution in [-0.4, -0.2) is 65.7 Å². The SMILES string of the molecule is CC(C(=O)O)N(C(=O)CNC(=O)CNC(=O)OCC1c2ccccc2-c2ccccc21)C1CC1. The van der Waals surface area contributed by atoms with Gasteiger partial charge in [-0.1, -0.05) is 48.5 Å². The van der Waals surface area contributed by atoms with Gasteiger partial charge in [0.15, 0.2) is 0 Å². The lowest BCUT2D eigenvalue weighted by molar-refractivity contribution is -0.149. The number of rotatable bonds is 9. The molecule has 2 aromatic rings. The van der Waals surface area contributed by atoms with E-state index in [9.17, 15) is 24.3 Å². The number of aliphatic carboxylic acids is 1. The molecule has 1 fully saturated rings. The van der Waals surface area contributed by atoms with Crippen molar-refractivity contribution < 1.29 is 29.0 Å². The molecule has 2 aliphatic rings. The van der Waals surface area contributed by atoms with Gasteiger partial charge in [0, 0.05) is 12.0 Å². The van der Waals surface area contributed by atoms with E-state index in [1.807, 2.05) is 48.5 Å². The zero-order valence-electron chi connectivity index (χ0n) is 18.8. The zero-order chi connectivity index (χ0) is 24.2. The van der Waals surface area contributed by atoms with Gasteiger partial charge in [0.2, 0.25) is 11.8 Å². The molecule has 2 aliphatic carbocycles. The average molecular weight is 466 g/mol. The summed E-state index contributed by atoms with van der Waals surface area (Å²) in [6, 6.07) is 14.9. The molecule has 9 nitrogen and oxygen atoms in total. The average Bonchev–Trinajstić information content (AvgIpc) is 3.62. The van der Waals surface area contributed by atoms with Crippen molar-refractivity contribution in [2.45, 2.75) is 37.8 Å². The van der Waals surface area contributed by atoms with Crippen molar-refractivity contribution in [2.75, 3.05) is 19.7 Å². The minimum absolute atomic E-state index is 0.0887. The molecular weight excluding hydrogens is 438 g/mol. The van der Waals surface area contributed by atoms with Crippen LogP contribution in [0.1, 0.15) is 36.8 Å². The maximum atomic E-state index is 12.4. The summed E-state index contributed by atoms with van der Waals surface area (Å²) in [5.41, 5.74) is 4.41. The molecule has 9 heteroatoms. The number of carboxylic acid groups (broad SMARTS) is 1. The number of carboxylic acids is 1. The Kier molecular flexibility index (Phi) is 6.81. The predicted octanol–water partition coefficient (Wildman–Crippen LogP) is 2.11. The van der Waals surface area contributed by atoms with Crippen molar-refractivity contribution in [3.8, 4) is 11.1 Å². The highest BCUT2D eigenvalue weighted by Gasteiger charge is 2.38. The van der Waals surface area contributed by atoms with E-state index < -0.39 is 29.9 Å². The van der Waals surface area contributed by atoms with Crippen LogP contribution in [0.4, 0.5) is 4.79 Å². The molecule has 0 heterocycles. The fourth-order valence-electron chi connectivity index (χ4n) is 4.34. The molecule has 0 saturated heterocycles. The van der Waals surface area contributed by atoms with Gasteiger partial charge < -0.3 is 25.4 Å². The van der Waals surface area contributed by atoms with Gasteiger partial charge in [-0.15, -0.1) is 0 Å². The highest BCUT2D eigenvalue weighted by Crippen LogP contribution is 2.44. The molecule has 34 heavy (non-hydrogen) atoms. The van der Waals surface area contributed by atoms with Gasteiger partial charge in [0.25, 0.3) is 0 Å². The Morgan fingerprint density at radius 2 is 1.56 bits per heavy atom. The Morgan fingerprint density at radius 1 is 0.971 bits per heavy atom. The van der Waals surface area contributed by atoms with Crippen LogP contribution in [0.5, 0.6) is 0 Å². The summed E-state index contributed by atoms with van der Waals surface area (Å²) in [4.78, 5) is 49.2. The quantitative estimate of drug-likeness (QED) is 0.521. The van der Waals surface area contributed by atoms with E-state index in [-0.39, 0.29) is 31.7 Å². The summed E-state index contributed by atoms with van der Waals surface area (Å²) in [5, 5.41) is 14.0. The van der Waals surface area contributed by atoms with Gasteiger partial charge in [0.05, 0.1) is 6.54 Å². The fraction of sp³-hybridized carbons (Fsp3) is 0.360. The molecule has 0 radical (unpaired) electrons. The Labute approximate surface area is 197 Å². The Balaban J connectivity index is 1.24. The number of hydrogen-bond donors (Lipinski definition) is 3. The first-order valence-corrected chi connectivity index (χ1v) is 11.3. The van der Waals surface area contributed by atoms with E-state index in [1.165, 1.54) is 11.8 Å². The highest BCUT2D eigenvalue weighted by molar-refractivity contribution is 5.89. The lowest BCUT2D eigenvalue weighted by atomic mass is 9.98. The second-order valence-corrected chi connectivity index (χ2v) is 8.50. The lowest BCUT2D eigenvalue weighted by Crippen LogP contribution is -2.49. The third kappa shape index (κ3) is 5.03. The number of carbonyl (C=O) groups excluding carboxylic acids is 3. The van der Waals surface area contributed by atoms with E-state index in [0.717, 1.165) is 35.1 Å². The van der Waals surface area contributed by atoms with Gasteiger partial charge in [-0.3, -0.25) is 9.59 Å². The molecule has 1 saturated carbocycles. The molecule has 0 bridgehead atoms. The highest BCUT2D eigenvalue weighted by atomic mass is 16.5. The Bertz CT molecular complexity index is 1070. The van der Waals surface area contributed by atoms with E-state index in [2.05, 4.69) is 10.6 Å². The summed E-state index contributed by atoms with van der Waals surface area (Å²) in [7, 11) is 0. The topological polar surface area (TPSA) is 125 Å². The van der Waals surface area contributed by atoms with Gasteiger partial charge >= 0.3 is 12.1 Å². The van der Waals surface area contributed by atoms with Crippen LogP contribution in [0.15, 0.2) is 48.5 Å². The van der Waals surface area contributed by atoms with Crippen LogP contribution in [-0.2, 0) is 19.1 Å². The molecule has 178 valence electrons. The lowest BCUT2D eigenvalue weighted by Gasteiger charge is -2.26. The Hall–Kier alpha value is -3.88. The maximum absolute atomic E-state index is 12.4. The molecule has 3 N–H and O–H groups in total. The van der Waals surface area contributed by atoms with Crippen molar-refractivity contribution in [1.82, 2.24) is 15.5 Å². The van der Waals surface area contributed by atoms with Crippen molar-refractivity contribution in [1.29, 1.82) is 0 Å². The van der Waals surface area contributed by atoms with Crippen molar-refractivity contribution >= 4 is 23.9 Å². The van der Waals surface area contributed by atoms with Crippen molar-refractivity contribution in [3.05, 3.63) is 59.7 Å². The van der Waals surface area contributed by atoms with Crippen LogP contribution in [0.3, 0.4) is 0 Å². The summed E-state index contributed by atoms with van der Waals surface area (Å²) < 4.78 is 5.38. The molecular formula is C25H27N3O6. The van der Waals surface area contributed by atoms with Crippen molar-refractivity contribution in [3.63, 3.8) is 0 Å². The van der Waals surface area contributed by atoms with Crippen molar-refractivity contribution in [2.24, 2.45) is 0 Å². The van der Waals surface area contributed by atoms with Gasteiger partial charge in [-0.2, -0.15) is 0 Å². The fourth-order valence-corrected chi connectivity index (χ4v) is 4.34. The van der Waals surface area contributed by atoms with Gasteiger partial charge in [-0.05, 0) is 42.0 Å². The van der Waals surface area contributed by atoms with Gasteiger partial charge in [-0.25, -0.2) is 9.59 Å². The number of amides is 3. The summed E-state index contributed by atoms with van der Waals surface area (Å²) in [6.45, 7) is 0.879. The van der Waals surface area contributed by atoms with Gasteiger partial charge in [0.1, 0.15) is 19.2 Å². The zero-order valence-corrected chi connectivity index (χ0v) is 18.8. The molecule has 0 aliphatic heterocycles. The van der Waals surface area contributed by atoms with E-state index in [1.54, 1.807) is 0 Å². The number of hydrogen-bond acceptors (Lipinski definition) is 5. The number of nitrogens with zero attached hydrogens (tertiary/aromatic N) is 1. The number of fused-ring (bicyclic) bond motifs is 3. The van der Waals surface area contributed by atoms with Crippen LogP contribution >= 0.6 is 0 Å². The van der Waals surface area contributed by atoms with Crippen LogP contribution < -0.4 is 10.6 Å². The monoisotopic (exact) mass is 465 g/mol. The molecule has 4 rings (SSSR count). The van der Waals surface area contributed by atoms with Crippen LogP contribution in [0.25, 0.3) is 11.1 Å². The number of carbonyl (C=O) groups is 4. The van der Waals surface area contributed by atoms with Crippen LogP contribution in [0, 0.1) is 0 Å². The first-order chi connectivity index (χ1) is 16.4. The Morgan fingerprint density at radius 3 is 2.12 bits per heavy atom. The van der Waals surface area contributed by atoms with E-state index in [0.29, 0.717) is 0 Å². The third-order valence-corrected chi connectivity index (χ3v) is 6.18. The largest absolute Gasteiger partial charge is 0.480 e. The second-order valence-electron chi connectivity index (χ2n) is 8.50. The summed E-state index contributed by atoms with van der Waals surface area (Å²) >= 11 is 0. The summed E-state index contributed by atoms with van der Waals surface area (Å²) in [6.07, 6.45) is 0.767. The van der Waals surface area contributed by atoms with Crippen LogP contribution in [0.2, 0.25) is 0 Å². The third-order valence-electron chi connectivity index (χ3n) is 6.18. The smallest absolute Gasteiger partial charge is 0.407 e. The first-order valence-electron chi connectivity index (χ1n) is 11.3. The molecule has 2 aromatic carbocycles.